The minimum atomic E-state index is 0.361. The molecule has 0 saturated heterocycles. The summed E-state index contributed by atoms with van der Waals surface area (Å²) in [5.74, 6) is 1.99. The van der Waals surface area contributed by atoms with Crippen LogP contribution in [0.25, 0.3) is 10.9 Å². The van der Waals surface area contributed by atoms with Crippen LogP contribution in [0.4, 0.5) is 11.8 Å². The van der Waals surface area contributed by atoms with Gasteiger partial charge in [-0.15, -0.1) is 0 Å². The molecule has 0 aliphatic heterocycles. The van der Waals surface area contributed by atoms with Crippen molar-refractivity contribution in [2.24, 2.45) is 0 Å². The van der Waals surface area contributed by atoms with E-state index in [1.54, 1.807) is 31.3 Å². The van der Waals surface area contributed by atoms with E-state index in [2.05, 4.69) is 16.0 Å². The quantitative estimate of drug-likeness (QED) is 0.905. The Kier molecular flexibility index (Phi) is 6.87. The molecule has 0 radical (unpaired) electrons. The summed E-state index contributed by atoms with van der Waals surface area (Å²) in [6.07, 6.45) is 0.393. The number of rotatable bonds is 5. The van der Waals surface area contributed by atoms with Crippen molar-refractivity contribution in [2.75, 3.05) is 38.4 Å². The number of hydrogen-bond donors (Lipinski definition) is 1. The van der Waals surface area contributed by atoms with Crippen LogP contribution in [-0.4, -0.2) is 37.8 Å². The van der Waals surface area contributed by atoms with Crippen LogP contribution in [0.1, 0.15) is 20.3 Å². The fraction of sp³-hybridized carbons (Fsp3) is 0.438. The zero-order chi connectivity index (χ0) is 17.4. The number of benzene rings is 1. The average Bonchev–Trinajstić information content (AvgIpc) is 2.60. The van der Waals surface area contributed by atoms with E-state index in [4.69, 9.17) is 20.5 Å². The zero-order valence-corrected chi connectivity index (χ0v) is 14.3. The second kappa shape index (κ2) is 8.63. The molecule has 0 atom stereocenters. The Morgan fingerprint density at radius 1 is 1.17 bits per heavy atom. The molecular weight excluding hydrogens is 294 g/mol. The topological polar surface area (TPSA) is 97.3 Å². The van der Waals surface area contributed by atoms with Crippen molar-refractivity contribution in [1.29, 1.82) is 5.26 Å². The third-order valence-corrected chi connectivity index (χ3v) is 3.12. The smallest absolute Gasteiger partial charge is 0.227 e. The molecule has 0 aliphatic carbocycles. The van der Waals surface area contributed by atoms with Crippen molar-refractivity contribution in [3.05, 3.63) is 12.1 Å². The van der Waals surface area contributed by atoms with Crippen LogP contribution in [0.5, 0.6) is 11.5 Å². The van der Waals surface area contributed by atoms with E-state index >= 15 is 0 Å². The van der Waals surface area contributed by atoms with E-state index in [0.717, 1.165) is 0 Å². The molecule has 0 aliphatic rings. The monoisotopic (exact) mass is 317 g/mol. The fourth-order valence-electron chi connectivity index (χ4n) is 1.96. The first-order chi connectivity index (χ1) is 11.1. The normalized spacial score (nSPS) is 9.57. The molecule has 2 aromatic rings. The number of aromatic nitrogens is 2. The molecule has 0 unspecified atom stereocenters. The van der Waals surface area contributed by atoms with Gasteiger partial charge >= 0.3 is 0 Å². The second-order valence-corrected chi connectivity index (χ2v) is 4.46. The average molecular weight is 317 g/mol. The van der Waals surface area contributed by atoms with E-state index in [-0.39, 0.29) is 0 Å². The van der Waals surface area contributed by atoms with Gasteiger partial charge in [-0.25, -0.2) is 4.98 Å². The molecular formula is C16H23N5O2. The Bertz CT molecular complexity index is 697. The van der Waals surface area contributed by atoms with E-state index in [0.29, 0.717) is 47.1 Å². The van der Waals surface area contributed by atoms with Gasteiger partial charge in [-0.05, 0) is 6.07 Å². The van der Waals surface area contributed by atoms with Crippen molar-refractivity contribution in [1.82, 2.24) is 9.97 Å². The van der Waals surface area contributed by atoms with Crippen molar-refractivity contribution in [3.8, 4) is 17.6 Å². The third-order valence-electron chi connectivity index (χ3n) is 3.12. The lowest BCUT2D eigenvalue weighted by Crippen LogP contribution is -2.21. The van der Waals surface area contributed by atoms with Gasteiger partial charge in [0, 0.05) is 25.0 Å². The first kappa shape index (κ1) is 18.3. The second-order valence-electron chi connectivity index (χ2n) is 4.46. The largest absolute Gasteiger partial charge is 0.493 e. The summed E-state index contributed by atoms with van der Waals surface area (Å²) in [5.41, 5.74) is 6.67. The molecule has 1 aromatic carbocycles. The van der Waals surface area contributed by atoms with E-state index in [9.17, 15) is 0 Å². The van der Waals surface area contributed by atoms with Gasteiger partial charge in [0.15, 0.2) is 11.5 Å². The highest BCUT2D eigenvalue weighted by molar-refractivity contribution is 5.91. The summed E-state index contributed by atoms with van der Waals surface area (Å²) in [6.45, 7) is 4.54. The maximum absolute atomic E-state index is 8.64. The number of nitrogen functional groups attached to an aromatic ring is 1. The first-order valence-corrected chi connectivity index (χ1v) is 7.38. The highest BCUT2D eigenvalue weighted by Crippen LogP contribution is 2.33. The first-order valence-electron chi connectivity index (χ1n) is 7.38. The SMILES string of the molecule is CC.COc1cc2nc(N(C)CCC#N)nc(N)c2cc1OC. The van der Waals surface area contributed by atoms with Gasteiger partial charge in [0.2, 0.25) is 5.95 Å². The molecule has 7 heteroatoms. The number of fused-ring (bicyclic) bond motifs is 1. The lowest BCUT2D eigenvalue weighted by Gasteiger charge is -2.17. The van der Waals surface area contributed by atoms with Crippen molar-refractivity contribution < 1.29 is 9.47 Å². The van der Waals surface area contributed by atoms with E-state index in [1.165, 1.54) is 0 Å². The molecule has 0 bridgehead atoms. The molecule has 124 valence electrons. The van der Waals surface area contributed by atoms with Gasteiger partial charge in [0.25, 0.3) is 0 Å². The Morgan fingerprint density at radius 3 is 2.35 bits per heavy atom. The van der Waals surface area contributed by atoms with Crippen molar-refractivity contribution >= 4 is 22.7 Å². The molecule has 2 N–H and O–H groups in total. The summed E-state index contributed by atoms with van der Waals surface area (Å²) in [4.78, 5) is 10.5. The number of nitriles is 1. The summed E-state index contributed by atoms with van der Waals surface area (Å²) >= 11 is 0. The summed E-state index contributed by atoms with van der Waals surface area (Å²) in [5, 5.41) is 9.34. The molecule has 0 fully saturated rings. The number of nitrogens with two attached hydrogens (primary N) is 1. The van der Waals surface area contributed by atoms with Crippen LogP contribution in [0, 0.1) is 11.3 Å². The van der Waals surface area contributed by atoms with Gasteiger partial charge in [-0.1, -0.05) is 13.8 Å². The van der Waals surface area contributed by atoms with Crippen molar-refractivity contribution in [2.45, 2.75) is 20.3 Å². The summed E-state index contributed by atoms with van der Waals surface area (Å²) in [6, 6.07) is 5.60. The Balaban J connectivity index is 0.00000127. The fourth-order valence-corrected chi connectivity index (χ4v) is 1.96. The maximum atomic E-state index is 8.64. The highest BCUT2D eigenvalue weighted by atomic mass is 16.5. The number of nitrogens with zero attached hydrogens (tertiary/aromatic N) is 4. The predicted molar refractivity (Wildman–Crippen MR) is 91.9 cm³/mol. The van der Waals surface area contributed by atoms with Crippen LogP contribution in [0.15, 0.2) is 12.1 Å². The lowest BCUT2D eigenvalue weighted by atomic mass is 10.2. The third kappa shape index (κ3) is 4.13. The minimum absolute atomic E-state index is 0.361. The highest BCUT2D eigenvalue weighted by Gasteiger charge is 2.13. The van der Waals surface area contributed by atoms with E-state index < -0.39 is 0 Å². The van der Waals surface area contributed by atoms with Gasteiger partial charge < -0.3 is 20.1 Å². The van der Waals surface area contributed by atoms with Gasteiger partial charge in [0.1, 0.15) is 5.82 Å². The Morgan fingerprint density at radius 2 is 1.78 bits per heavy atom. The standard InChI is InChI=1S/C14H17N5O2.C2H6/c1-19(6-4-5-15)14-17-10-8-12(21-3)11(20-2)7-9(10)13(16)18-14;1-2/h7-8H,4,6H2,1-3H3,(H2,16,17,18);1-2H3. The molecule has 0 spiro atoms. The van der Waals surface area contributed by atoms with Crippen LogP contribution in [-0.2, 0) is 0 Å². The molecule has 0 saturated carbocycles. The van der Waals surface area contributed by atoms with Gasteiger partial charge in [-0.2, -0.15) is 10.2 Å². The number of hydrogen-bond acceptors (Lipinski definition) is 7. The molecule has 2 rings (SSSR count). The Hall–Kier alpha value is -2.75. The predicted octanol–water partition coefficient (Wildman–Crippen LogP) is 2.61. The van der Waals surface area contributed by atoms with Gasteiger partial charge in [0.05, 0.1) is 32.2 Å². The van der Waals surface area contributed by atoms with Crippen LogP contribution < -0.4 is 20.1 Å². The van der Waals surface area contributed by atoms with E-state index in [1.807, 2.05) is 20.9 Å². The number of methoxy groups -OCH3 is 2. The lowest BCUT2D eigenvalue weighted by molar-refractivity contribution is 0.356. The maximum Gasteiger partial charge on any atom is 0.227 e. The minimum Gasteiger partial charge on any atom is -0.493 e. The van der Waals surface area contributed by atoms with Crippen LogP contribution in [0.2, 0.25) is 0 Å². The molecule has 7 nitrogen and oxygen atoms in total. The van der Waals surface area contributed by atoms with Crippen LogP contribution >= 0.6 is 0 Å². The molecule has 23 heavy (non-hydrogen) atoms. The van der Waals surface area contributed by atoms with Crippen molar-refractivity contribution in [3.63, 3.8) is 0 Å². The molecule has 1 heterocycles. The zero-order valence-electron chi connectivity index (χ0n) is 14.3. The molecule has 1 aromatic heterocycles. The number of anilines is 2. The Labute approximate surface area is 136 Å². The van der Waals surface area contributed by atoms with Crippen LogP contribution in [0.3, 0.4) is 0 Å². The molecule has 0 amide bonds. The summed E-state index contributed by atoms with van der Waals surface area (Å²) < 4.78 is 10.5. The number of ether oxygens (including phenoxy) is 2. The summed E-state index contributed by atoms with van der Waals surface area (Å²) in [7, 11) is 4.94. The van der Waals surface area contributed by atoms with Gasteiger partial charge in [-0.3, -0.25) is 0 Å².